The zero-order chi connectivity index (χ0) is 15.9. The van der Waals surface area contributed by atoms with Crippen LogP contribution >= 0.6 is 0 Å². The highest BCUT2D eigenvalue weighted by Gasteiger charge is 2.01. The highest BCUT2D eigenvalue weighted by molar-refractivity contribution is 5.86. The van der Waals surface area contributed by atoms with Crippen LogP contribution in [0, 0.1) is 0 Å². The van der Waals surface area contributed by atoms with E-state index < -0.39 is 0 Å². The Kier molecular flexibility index (Phi) is 12.3. The van der Waals surface area contributed by atoms with Crippen LogP contribution in [0.2, 0.25) is 0 Å². The van der Waals surface area contributed by atoms with Crippen molar-refractivity contribution in [2.75, 3.05) is 39.4 Å². The maximum atomic E-state index is 11.3. The number of nitrogens with one attached hydrogen (secondary N) is 2. The van der Waals surface area contributed by atoms with Crippen LogP contribution in [0.5, 0.6) is 0 Å². The molecule has 0 aromatic heterocycles. The van der Waals surface area contributed by atoms with Gasteiger partial charge in [-0.05, 0) is 26.4 Å². The Morgan fingerprint density at radius 2 is 1.76 bits per heavy atom. The molecule has 0 aliphatic heterocycles. The summed E-state index contributed by atoms with van der Waals surface area (Å²) in [6.45, 7) is 10.6. The molecule has 0 saturated heterocycles. The molecular weight excluding hydrogens is 272 g/mol. The summed E-state index contributed by atoms with van der Waals surface area (Å²) in [7, 11) is 0. The summed E-state index contributed by atoms with van der Waals surface area (Å²) in [6.07, 6.45) is 3.88. The maximum absolute atomic E-state index is 11.3. The lowest BCUT2D eigenvalue weighted by Gasteiger charge is -2.05. The molecule has 0 aliphatic carbocycles. The molecule has 6 nitrogen and oxygen atoms in total. The number of carbonyl (C=O) groups is 2. The van der Waals surface area contributed by atoms with E-state index in [4.69, 9.17) is 9.47 Å². The van der Waals surface area contributed by atoms with Gasteiger partial charge < -0.3 is 20.1 Å². The van der Waals surface area contributed by atoms with Crippen molar-refractivity contribution >= 4 is 11.9 Å². The average Bonchev–Trinajstić information content (AvgIpc) is 2.46. The highest BCUT2D eigenvalue weighted by atomic mass is 16.5. The van der Waals surface area contributed by atoms with Gasteiger partial charge in [0.1, 0.15) is 13.2 Å². The summed E-state index contributed by atoms with van der Waals surface area (Å²) < 4.78 is 9.88. The molecule has 0 atom stereocenters. The van der Waals surface area contributed by atoms with Gasteiger partial charge in [0.05, 0.1) is 0 Å². The van der Waals surface area contributed by atoms with E-state index in [0.717, 1.165) is 6.54 Å². The van der Waals surface area contributed by atoms with E-state index in [0.29, 0.717) is 44.8 Å². The monoisotopic (exact) mass is 298 g/mol. The largest absolute Gasteiger partial charge is 0.461 e. The molecule has 0 bridgehead atoms. The van der Waals surface area contributed by atoms with Crippen LogP contribution in [-0.2, 0) is 19.1 Å². The molecule has 0 aromatic rings. The van der Waals surface area contributed by atoms with E-state index >= 15 is 0 Å². The summed E-state index contributed by atoms with van der Waals surface area (Å²) in [5.41, 5.74) is 0.394. The molecule has 6 heteroatoms. The number of hydrogen-bond acceptors (Lipinski definition) is 6. The lowest BCUT2D eigenvalue weighted by Crippen LogP contribution is -2.22. The summed E-state index contributed by atoms with van der Waals surface area (Å²) in [4.78, 5) is 22.3. The summed E-state index contributed by atoms with van der Waals surface area (Å²) in [5.74, 6) is -0.708. The molecule has 0 fully saturated rings. The normalized spacial score (nSPS) is 10.6. The molecule has 0 rings (SSSR count). The van der Waals surface area contributed by atoms with E-state index in [2.05, 4.69) is 17.2 Å². The molecule has 0 aromatic carbocycles. The van der Waals surface area contributed by atoms with Crippen LogP contribution in [0.4, 0.5) is 0 Å². The van der Waals surface area contributed by atoms with Crippen molar-refractivity contribution in [2.45, 2.75) is 20.3 Å². The van der Waals surface area contributed by atoms with Crippen molar-refractivity contribution in [3.05, 3.63) is 24.3 Å². The van der Waals surface area contributed by atoms with Crippen molar-refractivity contribution in [3.63, 3.8) is 0 Å². The van der Waals surface area contributed by atoms with Crippen molar-refractivity contribution in [3.8, 4) is 0 Å². The third-order valence-electron chi connectivity index (χ3n) is 2.38. The molecule has 2 N–H and O–H groups in total. The van der Waals surface area contributed by atoms with Crippen molar-refractivity contribution in [1.29, 1.82) is 0 Å². The molecule has 21 heavy (non-hydrogen) atoms. The third kappa shape index (κ3) is 13.1. The van der Waals surface area contributed by atoms with Gasteiger partial charge in [-0.3, -0.25) is 0 Å². The van der Waals surface area contributed by atoms with Crippen LogP contribution in [-0.4, -0.2) is 51.3 Å². The summed E-state index contributed by atoms with van der Waals surface area (Å²) in [6, 6.07) is 0. The van der Waals surface area contributed by atoms with Gasteiger partial charge >= 0.3 is 11.9 Å². The van der Waals surface area contributed by atoms with Gasteiger partial charge in [0.25, 0.3) is 0 Å². The van der Waals surface area contributed by atoms with Gasteiger partial charge in [-0.25, -0.2) is 9.59 Å². The fraction of sp³-hybridized carbons (Fsp3) is 0.600. The molecule has 0 spiro atoms. The van der Waals surface area contributed by atoms with Crippen LogP contribution in [0.25, 0.3) is 0 Å². The van der Waals surface area contributed by atoms with E-state index in [-0.39, 0.29) is 11.9 Å². The third-order valence-corrected chi connectivity index (χ3v) is 2.38. The van der Waals surface area contributed by atoms with Gasteiger partial charge in [-0.2, -0.15) is 0 Å². The predicted octanol–water partition coefficient (Wildman–Crippen LogP) is 0.794. The minimum Gasteiger partial charge on any atom is -0.461 e. The fourth-order valence-electron chi connectivity index (χ4n) is 1.28. The first-order valence-corrected chi connectivity index (χ1v) is 7.15. The number of ether oxygens (including phenoxy) is 2. The molecular formula is C15H26N2O4. The van der Waals surface area contributed by atoms with E-state index in [1.807, 2.05) is 6.92 Å². The fourth-order valence-corrected chi connectivity index (χ4v) is 1.28. The van der Waals surface area contributed by atoms with Gasteiger partial charge in [0, 0.05) is 24.7 Å². The number of likely N-dealkylation sites (N-methyl/N-ethyl adjacent to an activating group) is 1. The van der Waals surface area contributed by atoms with Crippen LogP contribution in [0.3, 0.4) is 0 Å². The van der Waals surface area contributed by atoms with Gasteiger partial charge in [-0.1, -0.05) is 19.6 Å². The summed E-state index contributed by atoms with van der Waals surface area (Å²) in [5, 5.41) is 6.15. The van der Waals surface area contributed by atoms with Crippen molar-refractivity contribution < 1.29 is 19.1 Å². The Morgan fingerprint density at radius 3 is 2.43 bits per heavy atom. The second kappa shape index (κ2) is 13.3. The SMILES string of the molecule is C=C(C)C(=O)OCCNCC/C=C\C(=O)OCCNCC. The molecule has 0 saturated carbocycles. The lowest BCUT2D eigenvalue weighted by molar-refractivity contribution is -0.139. The summed E-state index contributed by atoms with van der Waals surface area (Å²) >= 11 is 0. The number of hydrogen-bond donors (Lipinski definition) is 2. The minimum atomic E-state index is -0.378. The Labute approximate surface area is 126 Å². The first kappa shape index (κ1) is 19.3. The Hall–Kier alpha value is -1.66. The lowest BCUT2D eigenvalue weighted by atomic mass is 10.3. The molecule has 0 radical (unpaired) electrons. The number of carbonyl (C=O) groups excluding carboxylic acids is 2. The number of rotatable bonds is 12. The van der Waals surface area contributed by atoms with Gasteiger partial charge in [-0.15, -0.1) is 0 Å². The topological polar surface area (TPSA) is 76.7 Å². The second-order valence-electron chi connectivity index (χ2n) is 4.38. The highest BCUT2D eigenvalue weighted by Crippen LogP contribution is 1.90. The zero-order valence-electron chi connectivity index (χ0n) is 12.9. The van der Waals surface area contributed by atoms with E-state index in [1.54, 1.807) is 13.0 Å². The minimum absolute atomic E-state index is 0.307. The van der Waals surface area contributed by atoms with Gasteiger partial charge in [0.15, 0.2) is 0 Å². The quantitative estimate of drug-likeness (QED) is 0.315. The smallest absolute Gasteiger partial charge is 0.333 e. The number of esters is 2. The first-order chi connectivity index (χ1) is 10.1. The average molecular weight is 298 g/mol. The van der Waals surface area contributed by atoms with Gasteiger partial charge in [0.2, 0.25) is 0 Å². The Morgan fingerprint density at radius 1 is 1.10 bits per heavy atom. The standard InChI is InChI=1S/C15H26N2O4/c1-4-16-9-11-20-14(18)7-5-6-8-17-10-12-21-15(19)13(2)3/h5,7,16-17H,2,4,6,8-12H2,1,3H3/b7-5-. The molecule has 0 aliphatic rings. The molecule has 120 valence electrons. The predicted molar refractivity (Wildman–Crippen MR) is 81.9 cm³/mol. The van der Waals surface area contributed by atoms with Crippen LogP contribution in [0.15, 0.2) is 24.3 Å². The van der Waals surface area contributed by atoms with Crippen LogP contribution < -0.4 is 10.6 Å². The molecule has 0 unspecified atom stereocenters. The zero-order valence-corrected chi connectivity index (χ0v) is 12.9. The first-order valence-electron chi connectivity index (χ1n) is 7.15. The maximum Gasteiger partial charge on any atom is 0.333 e. The Bertz CT molecular complexity index is 354. The van der Waals surface area contributed by atoms with E-state index in [9.17, 15) is 9.59 Å². The second-order valence-corrected chi connectivity index (χ2v) is 4.38. The van der Waals surface area contributed by atoms with Crippen LogP contribution in [0.1, 0.15) is 20.3 Å². The molecule has 0 heterocycles. The Balaban J connectivity index is 3.41. The van der Waals surface area contributed by atoms with Crippen molar-refractivity contribution in [2.24, 2.45) is 0 Å². The van der Waals surface area contributed by atoms with Crippen molar-refractivity contribution in [1.82, 2.24) is 10.6 Å². The molecule has 0 amide bonds. The van der Waals surface area contributed by atoms with E-state index in [1.165, 1.54) is 6.08 Å².